The van der Waals surface area contributed by atoms with Crippen molar-refractivity contribution in [2.24, 2.45) is 0 Å². The van der Waals surface area contributed by atoms with E-state index in [1.165, 1.54) is 6.08 Å². The van der Waals surface area contributed by atoms with Gasteiger partial charge in [0.05, 0.1) is 6.10 Å². The van der Waals surface area contributed by atoms with Crippen molar-refractivity contribution in [1.82, 2.24) is 0 Å². The zero-order valence-corrected chi connectivity index (χ0v) is 8.17. The quantitative estimate of drug-likeness (QED) is 0.749. The average molecular weight is 204 g/mol. The van der Waals surface area contributed by atoms with Gasteiger partial charge in [0.25, 0.3) is 0 Å². The fraction of sp³-hybridized carbons (Fsp3) is 0.250. The van der Waals surface area contributed by atoms with Crippen LogP contribution in [0.25, 0.3) is 0 Å². The van der Waals surface area contributed by atoms with Crippen LogP contribution in [0.4, 0.5) is 0 Å². The van der Waals surface area contributed by atoms with Gasteiger partial charge in [-0.3, -0.25) is 0 Å². The molecule has 0 saturated heterocycles. The SMILES string of the molecule is O=C1C=C[C@H]([C@@H](O)Cc2ccccc2)O1. The number of rotatable bonds is 3. The second-order valence-electron chi connectivity index (χ2n) is 3.52. The highest BCUT2D eigenvalue weighted by Crippen LogP contribution is 2.13. The molecule has 1 aromatic carbocycles. The van der Waals surface area contributed by atoms with Crippen LogP contribution in [0.3, 0.4) is 0 Å². The van der Waals surface area contributed by atoms with Crippen LogP contribution >= 0.6 is 0 Å². The highest BCUT2D eigenvalue weighted by atomic mass is 16.6. The standard InChI is InChI=1S/C12H12O3/c13-10(11-6-7-12(14)15-11)8-9-4-2-1-3-5-9/h1-7,10-11,13H,8H2/t10-,11+/m0/s1. The lowest BCUT2D eigenvalue weighted by molar-refractivity contribution is -0.142. The molecule has 1 heterocycles. The predicted molar refractivity (Wildman–Crippen MR) is 55.2 cm³/mol. The Bertz CT molecular complexity index is 370. The van der Waals surface area contributed by atoms with Gasteiger partial charge in [0.15, 0.2) is 0 Å². The second kappa shape index (κ2) is 4.28. The van der Waals surface area contributed by atoms with Gasteiger partial charge < -0.3 is 9.84 Å². The summed E-state index contributed by atoms with van der Waals surface area (Å²) in [5.74, 6) is -0.382. The molecule has 0 spiro atoms. The number of benzene rings is 1. The van der Waals surface area contributed by atoms with E-state index < -0.39 is 12.2 Å². The molecule has 2 rings (SSSR count). The van der Waals surface area contributed by atoms with Crippen molar-refractivity contribution in [2.45, 2.75) is 18.6 Å². The van der Waals surface area contributed by atoms with E-state index in [0.717, 1.165) is 5.56 Å². The fourth-order valence-corrected chi connectivity index (χ4v) is 1.56. The molecule has 15 heavy (non-hydrogen) atoms. The van der Waals surface area contributed by atoms with Gasteiger partial charge in [0.2, 0.25) is 0 Å². The topological polar surface area (TPSA) is 46.5 Å². The summed E-state index contributed by atoms with van der Waals surface area (Å²) in [4.78, 5) is 10.8. The summed E-state index contributed by atoms with van der Waals surface area (Å²) in [6, 6.07) is 9.62. The summed E-state index contributed by atoms with van der Waals surface area (Å²) < 4.78 is 4.90. The van der Waals surface area contributed by atoms with E-state index in [-0.39, 0.29) is 5.97 Å². The molecular weight excluding hydrogens is 192 g/mol. The number of carbonyl (C=O) groups excluding carboxylic acids is 1. The Morgan fingerprint density at radius 2 is 2.07 bits per heavy atom. The largest absolute Gasteiger partial charge is 0.452 e. The zero-order valence-electron chi connectivity index (χ0n) is 8.17. The molecule has 1 aromatic rings. The normalized spacial score (nSPS) is 21.4. The molecule has 3 nitrogen and oxygen atoms in total. The summed E-state index contributed by atoms with van der Waals surface area (Å²) >= 11 is 0. The van der Waals surface area contributed by atoms with E-state index >= 15 is 0 Å². The van der Waals surface area contributed by atoms with Gasteiger partial charge in [-0.15, -0.1) is 0 Å². The Labute approximate surface area is 88.0 Å². The molecule has 2 atom stereocenters. The van der Waals surface area contributed by atoms with Gasteiger partial charge in [0.1, 0.15) is 6.10 Å². The molecule has 0 unspecified atom stereocenters. The lowest BCUT2D eigenvalue weighted by Crippen LogP contribution is -2.27. The molecule has 78 valence electrons. The first-order valence-electron chi connectivity index (χ1n) is 4.86. The number of ether oxygens (including phenoxy) is 1. The van der Waals surface area contributed by atoms with Gasteiger partial charge in [-0.05, 0) is 11.6 Å². The second-order valence-corrected chi connectivity index (χ2v) is 3.52. The zero-order chi connectivity index (χ0) is 10.7. The number of cyclic esters (lactones) is 1. The minimum Gasteiger partial charge on any atom is -0.452 e. The monoisotopic (exact) mass is 204 g/mol. The van der Waals surface area contributed by atoms with Gasteiger partial charge in [-0.25, -0.2) is 4.79 Å². The van der Waals surface area contributed by atoms with Crippen LogP contribution in [0.2, 0.25) is 0 Å². The van der Waals surface area contributed by atoms with Crippen LogP contribution in [0.1, 0.15) is 5.56 Å². The number of carbonyl (C=O) groups is 1. The summed E-state index contributed by atoms with van der Waals surface area (Å²) in [7, 11) is 0. The Kier molecular flexibility index (Phi) is 2.83. The van der Waals surface area contributed by atoms with Crippen LogP contribution in [-0.2, 0) is 16.0 Å². The van der Waals surface area contributed by atoms with Crippen molar-refractivity contribution in [3.8, 4) is 0 Å². The van der Waals surface area contributed by atoms with E-state index in [9.17, 15) is 9.90 Å². The number of hydrogen-bond acceptors (Lipinski definition) is 3. The molecule has 1 aliphatic rings. The highest BCUT2D eigenvalue weighted by molar-refractivity contribution is 5.84. The molecule has 1 aliphatic heterocycles. The Balaban J connectivity index is 1.96. The van der Waals surface area contributed by atoms with E-state index in [1.807, 2.05) is 30.3 Å². The molecule has 0 saturated carbocycles. The van der Waals surface area contributed by atoms with Crippen LogP contribution in [0, 0.1) is 0 Å². The summed E-state index contributed by atoms with van der Waals surface area (Å²) in [6.45, 7) is 0. The minimum absolute atomic E-state index is 0.382. The van der Waals surface area contributed by atoms with Crippen molar-refractivity contribution in [1.29, 1.82) is 0 Å². The van der Waals surface area contributed by atoms with Crippen molar-refractivity contribution in [2.75, 3.05) is 0 Å². The molecule has 0 radical (unpaired) electrons. The lowest BCUT2D eigenvalue weighted by atomic mass is 10.0. The van der Waals surface area contributed by atoms with Crippen LogP contribution < -0.4 is 0 Å². The minimum atomic E-state index is -0.671. The number of hydrogen-bond donors (Lipinski definition) is 1. The third-order valence-corrected chi connectivity index (χ3v) is 2.34. The van der Waals surface area contributed by atoms with E-state index in [4.69, 9.17) is 4.74 Å². The maximum Gasteiger partial charge on any atom is 0.331 e. The summed E-state index contributed by atoms with van der Waals surface area (Å²) in [5.41, 5.74) is 1.03. The van der Waals surface area contributed by atoms with Crippen molar-refractivity contribution < 1.29 is 14.6 Å². The molecule has 0 amide bonds. The lowest BCUT2D eigenvalue weighted by Gasteiger charge is -2.15. The molecular formula is C12H12O3. The Morgan fingerprint density at radius 1 is 1.33 bits per heavy atom. The Morgan fingerprint density at radius 3 is 2.67 bits per heavy atom. The highest BCUT2D eigenvalue weighted by Gasteiger charge is 2.24. The first kappa shape index (κ1) is 9.93. The van der Waals surface area contributed by atoms with Gasteiger partial charge in [-0.1, -0.05) is 30.3 Å². The summed E-state index contributed by atoms with van der Waals surface area (Å²) in [5, 5.41) is 9.79. The van der Waals surface area contributed by atoms with E-state index in [0.29, 0.717) is 6.42 Å². The van der Waals surface area contributed by atoms with E-state index in [1.54, 1.807) is 6.08 Å². The van der Waals surface area contributed by atoms with Gasteiger partial charge in [-0.2, -0.15) is 0 Å². The third-order valence-electron chi connectivity index (χ3n) is 2.34. The van der Waals surface area contributed by atoms with Crippen LogP contribution in [-0.4, -0.2) is 23.3 Å². The predicted octanol–water partition coefficient (Wildman–Crippen LogP) is 1.07. The molecule has 0 bridgehead atoms. The summed E-state index contributed by atoms with van der Waals surface area (Å²) in [6.07, 6.45) is 2.26. The van der Waals surface area contributed by atoms with E-state index in [2.05, 4.69) is 0 Å². The van der Waals surface area contributed by atoms with Gasteiger partial charge >= 0.3 is 5.97 Å². The maximum atomic E-state index is 10.8. The first-order valence-corrected chi connectivity index (χ1v) is 4.86. The molecule has 0 aromatic heterocycles. The first-order chi connectivity index (χ1) is 7.25. The van der Waals surface area contributed by atoms with Crippen LogP contribution in [0.5, 0.6) is 0 Å². The molecule has 0 fully saturated rings. The van der Waals surface area contributed by atoms with Crippen molar-refractivity contribution in [3.05, 3.63) is 48.0 Å². The molecule has 3 heteroatoms. The number of esters is 1. The Hall–Kier alpha value is -1.61. The van der Waals surface area contributed by atoms with Gasteiger partial charge in [0, 0.05) is 12.5 Å². The number of aliphatic hydroxyl groups is 1. The fourth-order valence-electron chi connectivity index (χ4n) is 1.56. The molecule has 1 N–H and O–H groups in total. The number of aliphatic hydroxyl groups excluding tert-OH is 1. The van der Waals surface area contributed by atoms with Crippen molar-refractivity contribution >= 4 is 5.97 Å². The third kappa shape index (κ3) is 2.44. The maximum absolute atomic E-state index is 10.8. The smallest absolute Gasteiger partial charge is 0.331 e. The van der Waals surface area contributed by atoms with Crippen LogP contribution in [0.15, 0.2) is 42.5 Å². The molecule has 0 aliphatic carbocycles. The average Bonchev–Trinajstić information content (AvgIpc) is 2.66. The van der Waals surface area contributed by atoms with Crippen molar-refractivity contribution in [3.63, 3.8) is 0 Å².